The zero-order valence-electron chi connectivity index (χ0n) is 7.54. The fourth-order valence-corrected chi connectivity index (χ4v) is 1.36. The molecule has 3 heteroatoms. The van der Waals surface area contributed by atoms with Crippen LogP contribution in [0, 0.1) is 5.82 Å². The first kappa shape index (κ1) is 11.1. The molecule has 0 aliphatic rings. The van der Waals surface area contributed by atoms with Gasteiger partial charge in [0.2, 0.25) is 0 Å². The van der Waals surface area contributed by atoms with E-state index in [-0.39, 0.29) is 5.82 Å². The molecule has 14 heavy (non-hydrogen) atoms. The smallest absolute Gasteiger partial charge is 0.150 e. The summed E-state index contributed by atoms with van der Waals surface area (Å²) in [5, 5.41) is 0.828. The summed E-state index contributed by atoms with van der Waals surface area (Å²) in [5.41, 5.74) is 0.749. The third-order valence-electron chi connectivity index (χ3n) is 1.77. The Hall–Kier alpha value is -0.960. The third-order valence-corrected chi connectivity index (χ3v) is 2.23. The van der Waals surface area contributed by atoms with Crippen LogP contribution in [0.2, 0.25) is 0 Å². The molecule has 0 aliphatic heterocycles. The van der Waals surface area contributed by atoms with Gasteiger partial charge in [0.1, 0.15) is 5.82 Å². The Labute approximate surface area is 90.8 Å². The highest BCUT2D eigenvalue weighted by molar-refractivity contribution is 9.09. The maximum atomic E-state index is 13.2. The number of hydrogen-bond acceptors (Lipinski definition) is 1. The lowest BCUT2D eigenvalue weighted by Crippen LogP contribution is -1.90. The Morgan fingerprint density at radius 1 is 1.43 bits per heavy atom. The van der Waals surface area contributed by atoms with E-state index < -0.39 is 0 Å². The standard InChI is InChI=1S/C11H10BrFO/c12-7-2-1-5-10-9(8-14)4-3-6-11(10)13/h1,3-6,8H,2,7H2. The second kappa shape index (κ2) is 5.70. The maximum Gasteiger partial charge on any atom is 0.150 e. The number of halogens is 2. The van der Waals surface area contributed by atoms with Gasteiger partial charge in [-0.05, 0) is 12.5 Å². The van der Waals surface area contributed by atoms with Gasteiger partial charge in [0, 0.05) is 16.5 Å². The van der Waals surface area contributed by atoms with Crippen molar-refractivity contribution in [1.82, 2.24) is 0 Å². The average Bonchev–Trinajstić information content (AvgIpc) is 2.20. The highest BCUT2D eigenvalue weighted by Crippen LogP contribution is 2.14. The van der Waals surface area contributed by atoms with Crippen molar-refractivity contribution in [3.63, 3.8) is 0 Å². The lowest BCUT2D eigenvalue weighted by Gasteiger charge is -1.99. The molecule has 0 amide bonds. The molecule has 0 aliphatic carbocycles. The monoisotopic (exact) mass is 256 g/mol. The van der Waals surface area contributed by atoms with Crippen LogP contribution in [-0.4, -0.2) is 11.6 Å². The van der Waals surface area contributed by atoms with Crippen LogP contribution in [-0.2, 0) is 0 Å². The Morgan fingerprint density at radius 2 is 2.21 bits per heavy atom. The molecule has 0 atom stereocenters. The largest absolute Gasteiger partial charge is 0.298 e. The van der Waals surface area contributed by atoms with E-state index in [1.54, 1.807) is 12.1 Å². The molecule has 0 radical (unpaired) electrons. The van der Waals surface area contributed by atoms with E-state index in [1.807, 2.05) is 6.08 Å². The van der Waals surface area contributed by atoms with Crippen molar-refractivity contribution in [3.8, 4) is 0 Å². The SMILES string of the molecule is O=Cc1cccc(F)c1C=CCCBr. The Balaban J connectivity index is 2.98. The van der Waals surface area contributed by atoms with Crippen LogP contribution in [0.5, 0.6) is 0 Å². The van der Waals surface area contributed by atoms with Gasteiger partial charge in [0.15, 0.2) is 6.29 Å². The van der Waals surface area contributed by atoms with Gasteiger partial charge in [-0.25, -0.2) is 4.39 Å². The summed E-state index contributed by atoms with van der Waals surface area (Å²) in [7, 11) is 0. The number of carbonyl (C=O) groups is 1. The Bertz CT molecular complexity index is 347. The van der Waals surface area contributed by atoms with Gasteiger partial charge in [-0.1, -0.05) is 40.2 Å². The summed E-state index contributed by atoms with van der Waals surface area (Å²) in [6.45, 7) is 0. The molecule has 74 valence electrons. The van der Waals surface area contributed by atoms with Crippen LogP contribution in [0.4, 0.5) is 4.39 Å². The predicted octanol–water partition coefficient (Wildman–Crippen LogP) is 3.44. The van der Waals surface area contributed by atoms with Crippen molar-refractivity contribution >= 4 is 28.3 Å². The molecule has 0 bridgehead atoms. The minimum Gasteiger partial charge on any atom is -0.298 e. The Kier molecular flexibility index (Phi) is 4.53. The normalized spacial score (nSPS) is 10.7. The number of alkyl halides is 1. The molecular weight excluding hydrogens is 247 g/mol. The van der Waals surface area contributed by atoms with Crippen molar-refractivity contribution < 1.29 is 9.18 Å². The first-order valence-electron chi connectivity index (χ1n) is 4.25. The molecule has 1 rings (SSSR count). The van der Waals surface area contributed by atoms with Crippen LogP contribution < -0.4 is 0 Å². The van der Waals surface area contributed by atoms with Gasteiger partial charge in [-0.15, -0.1) is 0 Å². The lowest BCUT2D eigenvalue weighted by molar-refractivity contribution is 0.112. The van der Waals surface area contributed by atoms with Crippen molar-refractivity contribution in [2.45, 2.75) is 6.42 Å². The van der Waals surface area contributed by atoms with Gasteiger partial charge in [-0.3, -0.25) is 4.79 Å². The van der Waals surface area contributed by atoms with E-state index in [1.165, 1.54) is 12.1 Å². The Morgan fingerprint density at radius 3 is 2.86 bits per heavy atom. The molecule has 0 fully saturated rings. The molecule has 0 spiro atoms. The molecule has 1 nitrogen and oxygen atoms in total. The number of rotatable bonds is 4. The van der Waals surface area contributed by atoms with E-state index in [0.29, 0.717) is 17.4 Å². The van der Waals surface area contributed by atoms with Crippen molar-refractivity contribution in [3.05, 3.63) is 41.2 Å². The summed E-state index contributed by atoms with van der Waals surface area (Å²) in [6.07, 6.45) is 4.95. The minimum atomic E-state index is -0.361. The minimum absolute atomic E-state index is 0.361. The van der Waals surface area contributed by atoms with Gasteiger partial charge in [0.25, 0.3) is 0 Å². The van der Waals surface area contributed by atoms with Crippen molar-refractivity contribution in [1.29, 1.82) is 0 Å². The summed E-state index contributed by atoms with van der Waals surface area (Å²) in [5.74, 6) is -0.361. The van der Waals surface area contributed by atoms with Crippen molar-refractivity contribution in [2.24, 2.45) is 0 Å². The van der Waals surface area contributed by atoms with E-state index >= 15 is 0 Å². The van der Waals surface area contributed by atoms with Crippen LogP contribution >= 0.6 is 15.9 Å². The molecule has 0 saturated carbocycles. The molecule has 0 N–H and O–H groups in total. The number of aldehydes is 1. The first-order chi connectivity index (χ1) is 6.79. The second-order valence-electron chi connectivity index (χ2n) is 2.74. The quantitative estimate of drug-likeness (QED) is 0.596. The summed E-state index contributed by atoms with van der Waals surface area (Å²) < 4.78 is 13.2. The second-order valence-corrected chi connectivity index (χ2v) is 3.53. The molecule has 0 unspecified atom stereocenters. The maximum absolute atomic E-state index is 13.2. The fourth-order valence-electron chi connectivity index (χ4n) is 1.10. The van der Waals surface area contributed by atoms with Gasteiger partial charge in [0.05, 0.1) is 0 Å². The van der Waals surface area contributed by atoms with Crippen LogP contribution in [0.15, 0.2) is 24.3 Å². The molecule has 0 aromatic heterocycles. The third kappa shape index (κ3) is 2.77. The molecule has 1 aromatic rings. The average molecular weight is 257 g/mol. The van der Waals surface area contributed by atoms with Crippen LogP contribution in [0.3, 0.4) is 0 Å². The van der Waals surface area contributed by atoms with Crippen molar-refractivity contribution in [2.75, 3.05) is 5.33 Å². The predicted molar refractivity (Wildman–Crippen MR) is 59.2 cm³/mol. The van der Waals surface area contributed by atoms with Gasteiger partial charge >= 0.3 is 0 Å². The summed E-state index contributed by atoms with van der Waals surface area (Å²) in [4.78, 5) is 10.6. The van der Waals surface area contributed by atoms with Gasteiger partial charge < -0.3 is 0 Å². The highest BCUT2D eigenvalue weighted by atomic mass is 79.9. The molecule has 0 saturated heterocycles. The summed E-state index contributed by atoms with van der Waals surface area (Å²) >= 11 is 3.26. The molecular formula is C11H10BrFO. The number of benzene rings is 1. The number of carbonyl (C=O) groups excluding carboxylic acids is 1. The zero-order chi connectivity index (χ0) is 10.4. The van der Waals surface area contributed by atoms with E-state index in [4.69, 9.17) is 0 Å². The molecule has 0 heterocycles. The van der Waals surface area contributed by atoms with Crippen LogP contribution in [0.1, 0.15) is 22.3 Å². The number of hydrogen-bond donors (Lipinski definition) is 0. The summed E-state index contributed by atoms with van der Waals surface area (Å²) in [6, 6.07) is 4.48. The highest BCUT2D eigenvalue weighted by Gasteiger charge is 2.03. The van der Waals surface area contributed by atoms with E-state index in [0.717, 1.165) is 11.8 Å². The zero-order valence-corrected chi connectivity index (χ0v) is 9.13. The first-order valence-corrected chi connectivity index (χ1v) is 5.38. The fraction of sp³-hybridized carbons (Fsp3) is 0.182. The number of allylic oxidation sites excluding steroid dienone is 1. The van der Waals surface area contributed by atoms with Crippen LogP contribution in [0.25, 0.3) is 6.08 Å². The van der Waals surface area contributed by atoms with Gasteiger partial charge in [-0.2, -0.15) is 0 Å². The van der Waals surface area contributed by atoms with E-state index in [9.17, 15) is 9.18 Å². The van der Waals surface area contributed by atoms with E-state index in [2.05, 4.69) is 15.9 Å². The topological polar surface area (TPSA) is 17.1 Å². The lowest BCUT2D eigenvalue weighted by atomic mass is 10.1. The molecule has 1 aromatic carbocycles.